The lowest BCUT2D eigenvalue weighted by molar-refractivity contribution is 0.170. The van der Waals surface area contributed by atoms with Gasteiger partial charge < -0.3 is 19.4 Å². The van der Waals surface area contributed by atoms with Crippen molar-refractivity contribution in [2.75, 3.05) is 32.8 Å². The van der Waals surface area contributed by atoms with E-state index in [-0.39, 0.29) is 18.0 Å². The van der Waals surface area contributed by atoms with Gasteiger partial charge in [-0.1, -0.05) is 0 Å². The maximum atomic E-state index is 13.6. The molecule has 2 aliphatic heterocycles. The molecule has 0 amide bonds. The summed E-state index contributed by atoms with van der Waals surface area (Å²) in [5.74, 6) is 1.00. The van der Waals surface area contributed by atoms with Crippen LogP contribution >= 0.6 is 12.4 Å². The summed E-state index contributed by atoms with van der Waals surface area (Å²) in [6.07, 6.45) is 3.90. The molecule has 32 heavy (non-hydrogen) atoms. The molecule has 2 aliphatic rings. The average Bonchev–Trinajstić information content (AvgIpc) is 3.24. The highest BCUT2D eigenvalue weighted by Gasteiger charge is 2.22. The van der Waals surface area contributed by atoms with Crippen LogP contribution in [-0.4, -0.2) is 58.3 Å². The molecule has 0 saturated carbocycles. The van der Waals surface area contributed by atoms with Gasteiger partial charge in [-0.25, -0.2) is 4.39 Å². The lowest BCUT2D eigenvalue weighted by Gasteiger charge is -2.19. The van der Waals surface area contributed by atoms with Gasteiger partial charge in [-0.15, -0.1) is 12.4 Å². The normalized spacial score (nSPS) is 18.0. The minimum Gasteiger partial charge on any atom is -0.486 e. The molecule has 10 heteroatoms. The predicted molar refractivity (Wildman–Crippen MR) is 120 cm³/mol. The molecule has 5 heterocycles. The third-order valence-electron chi connectivity index (χ3n) is 5.78. The number of nitrogens with one attached hydrogen (secondary N) is 1. The van der Waals surface area contributed by atoms with Gasteiger partial charge in [0.15, 0.2) is 11.5 Å². The van der Waals surface area contributed by atoms with E-state index >= 15 is 0 Å². The highest BCUT2D eigenvalue weighted by molar-refractivity contribution is 5.85. The van der Waals surface area contributed by atoms with Gasteiger partial charge in [0.1, 0.15) is 19.0 Å². The molecule has 1 N–H and O–H groups in total. The van der Waals surface area contributed by atoms with E-state index in [1.165, 1.54) is 18.3 Å². The molecular formula is C22H25ClFN5O3. The van der Waals surface area contributed by atoms with Gasteiger partial charge in [0.25, 0.3) is 5.56 Å². The third kappa shape index (κ3) is 4.85. The van der Waals surface area contributed by atoms with E-state index in [0.717, 1.165) is 37.5 Å². The topological polar surface area (TPSA) is 81.5 Å². The zero-order valence-corrected chi connectivity index (χ0v) is 18.3. The molecule has 3 aromatic rings. The summed E-state index contributed by atoms with van der Waals surface area (Å²) in [6, 6.07) is 6.77. The van der Waals surface area contributed by atoms with E-state index in [2.05, 4.69) is 20.2 Å². The Labute approximate surface area is 190 Å². The smallest absolute Gasteiger partial charge is 0.251 e. The Bertz CT molecular complexity index is 1160. The molecule has 170 valence electrons. The van der Waals surface area contributed by atoms with Crippen LogP contribution in [0.1, 0.15) is 12.1 Å². The van der Waals surface area contributed by atoms with E-state index < -0.39 is 5.82 Å². The Morgan fingerprint density at radius 1 is 1.09 bits per heavy atom. The maximum Gasteiger partial charge on any atom is 0.251 e. The number of halogens is 2. The first-order valence-electron chi connectivity index (χ1n) is 10.5. The summed E-state index contributed by atoms with van der Waals surface area (Å²) in [5.41, 5.74) is 1.93. The molecule has 3 aromatic heterocycles. The summed E-state index contributed by atoms with van der Waals surface area (Å²) in [5, 5.41) is 3.55. The highest BCUT2D eigenvalue weighted by Crippen LogP contribution is 2.29. The largest absolute Gasteiger partial charge is 0.486 e. The van der Waals surface area contributed by atoms with E-state index in [9.17, 15) is 9.18 Å². The van der Waals surface area contributed by atoms with Crippen LogP contribution in [0.4, 0.5) is 4.39 Å². The number of rotatable bonds is 6. The molecule has 0 unspecified atom stereocenters. The van der Waals surface area contributed by atoms with E-state index in [1.807, 2.05) is 6.07 Å². The summed E-state index contributed by atoms with van der Waals surface area (Å²) >= 11 is 0. The fourth-order valence-electron chi connectivity index (χ4n) is 4.15. The number of hydrogen-bond acceptors (Lipinski definition) is 7. The lowest BCUT2D eigenvalue weighted by Crippen LogP contribution is -2.34. The molecule has 0 aliphatic carbocycles. The van der Waals surface area contributed by atoms with Crippen LogP contribution in [0.25, 0.3) is 11.0 Å². The molecule has 1 atom stereocenters. The van der Waals surface area contributed by atoms with Crippen molar-refractivity contribution in [1.29, 1.82) is 0 Å². The summed E-state index contributed by atoms with van der Waals surface area (Å²) in [6.45, 7) is 4.82. The molecule has 8 nitrogen and oxygen atoms in total. The van der Waals surface area contributed by atoms with Crippen LogP contribution < -0.4 is 20.3 Å². The molecule has 0 bridgehead atoms. The first kappa shape index (κ1) is 22.4. The second kappa shape index (κ2) is 9.81. The standard InChI is InChI=1S/C22H24FN5O3.ClH/c23-15-9-19-18(26-11-15)1-2-22(29)28(19)6-5-27-4-3-16(14-27)24-12-17-10-20-21(13-25-17)31-8-7-30-20;/h1-2,9-11,13,16,24H,3-8,12,14H2;1H/t16-;/m0./s1. The Morgan fingerprint density at radius 3 is 2.81 bits per heavy atom. The molecule has 1 fully saturated rings. The summed E-state index contributed by atoms with van der Waals surface area (Å²) < 4.78 is 26.4. The predicted octanol–water partition coefficient (Wildman–Crippen LogP) is 1.99. The van der Waals surface area contributed by atoms with Crippen LogP contribution in [0.15, 0.2) is 41.5 Å². The van der Waals surface area contributed by atoms with Crippen molar-refractivity contribution in [3.05, 3.63) is 58.5 Å². The maximum absolute atomic E-state index is 13.6. The van der Waals surface area contributed by atoms with Crippen LogP contribution in [0.3, 0.4) is 0 Å². The first-order chi connectivity index (χ1) is 15.2. The minimum absolute atomic E-state index is 0. The van der Waals surface area contributed by atoms with Crippen LogP contribution in [0, 0.1) is 5.82 Å². The Kier molecular flexibility index (Phi) is 6.88. The van der Waals surface area contributed by atoms with Gasteiger partial charge >= 0.3 is 0 Å². The van der Waals surface area contributed by atoms with E-state index in [1.54, 1.807) is 16.8 Å². The van der Waals surface area contributed by atoms with Crippen molar-refractivity contribution < 1.29 is 13.9 Å². The number of pyridine rings is 3. The quantitative estimate of drug-likeness (QED) is 0.601. The van der Waals surface area contributed by atoms with Gasteiger partial charge in [0.05, 0.1) is 29.1 Å². The number of ether oxygens (including phenoxy) is 2. The fourth-order valence-corrected chi connectivity index (χ4v) is 4.15. The van der Waals surface area contributed by atoms with Crippen molar-refractivity contribution in [3.63, 3.8) is 0 Å². The van der Waals surface area contributed by atoms with Crippen molar-refractivity contribution in [1.82, 2.24) is 24.8 Å². The molecule has 0 spiro atoms. The second-order valence-corrected chi connectivity index (χ2v) is 7.87. The average molecular weight is 462 g/mol. The number of hydrogen-bond donors (Lipinski definition) is 1. The van der Waals surface area contributed by atoms with Crippen LogP contribution in [-0.2, 0) is 13.1 Å². The monoisotopic (exact) mass is 461 g/mol. The molecule has 0 aromatic carbocycles. The summed E-state index contributed by atoms with van der Waals surface area (Å²) in [4.78, 5) is 23.2. The zero-order valence-electron chi connectivity index (χ0n) is 17.5. The van der Waals surface area contributed by atoms with Crippen molar-refractivity contribution in [3.8, 4) is 11.5 Å². The molecule has 5 rings (SSSR count). The lowest BCUT2D eigenvalue weighted by atomic mass is 10.2. The molecule has 0 radical (unpaired) electrons. The Balaban J connectivity index is 0.00000245. The van der Waals surface area contributed by atoms with Crippen molar-refractivity contribution in [2.45, 2.75) is 25.6 Å². The van der Waals surface area contributed by atoms with Crippen molar-refractivity contribution >= 4 is 23.4 Å². The summed E-state index contributed by atoms with van der Waals surface area (Å²) in [7, 11) is 0. The Morgan fingerprint density at radius 2 is 1.94 bits per heavy atom. The third-order valence-corrected chi connectivity index (χ3v) is 5.78. The fraction of sp³-hybridized carbons (Fsp3) is 0.409. The number of aromatic nitrogens is 3. The van der Waals surface area contributed by atoms with Crippen molar-refractivity contribution in [2.24, 2.45) is 0 Å². The highest BCUT2D eigenvalue weighted by atomic mass is 35.5. The van der Waals surface area contributed by atoms with Gasteiger partial charge in [-0.3, -0.25) is 19.7 Å². The van der Waals surface area contributed by atoms with Gasteiger partial charge in [0, 0.05) is 50.4 Å². The van der Waals surface area contributed by atoms with E-state index in [0.29, 0.717) is 49.1 Å². The first-order valence-corrected chi connectivity index (χ1v) is 10.5. The van der Waals surface area contributed by atoms with Gasteiger partial charge in [-0.05, 0) is 19.0 Å². The van der Waals surface area contributed by atoms with E-state index in [4.69, 9.17) is 9.47 Å². The minimum atomic E-state index is -0.440. The van der Waals surface area contributed by atoms with Crippen LogP contribution in [0.5, 0.6) is 11.5 Å². The molecule has 1 saturated heterocycles. The number of fused-ring (bicyclic) bond motifs is 2. The molecular weight excluding hydrogens is 437 g/mol. The second-order valence-electron chi connectivity index (χ2n) is 7.87. The Hall–Kier alpha value is -2.75. The zero-order chi connectivity index (χ0) is 21.2. The number of nitrogens with zero attached hydrogens (tertiary/aromatic N) is 4. The van der Waals surface area contributed by atoms with Gasteiger partial charge in [-0.2, -0.15) is 0 Å². The number of likely N-dealkylation sites (tertiary alicyclic amines) is 1. The van der Waals surface area contributed by atoms with Crippen LogP contribution in [0.2, 0.25) is 0 Å². The van der Waals surface area contributed by atoms with Gasteiger partial charge in [0.2, 0.25) is 0 Å². The SMILES string of the molecule is Cl.O=c1ccc2ncc(F)cc2n1CCN1CC[C@H](NCc2cc3c(cn2)OCCO3)C1.